The predicted molar refractivity (Wildman–Crippen MR) is 161 cm³/mol. The maximum atomic E-state index is 13.0. The van der Waals surface area contributed by atoms with Gasteiger partial charge in [0.2, 0.25) is 5.88 Å². The first-order chi connectivity index (χ1) is 20.2. The van der Waals surface area contributed by atoms with Crippen LogP contribution in [0.4, 0.5) is 0 Å². The number of nitrogens with zero attached hydrogens (tertiary/aromatic N) is 1. The quantitative estimate of drug-likeness (QED) is 0.134. The standard InChI is InChI=1S/C32H32Cl2N2O6/c1-5-6-11-39-30-24(33)12-20(13-25(30)34)32(37)41-21-8-9-22-27(15-21)42-31(36)23(16-35)29(22)19-7-10-26(28(14-19)38-4)40-17-18(2)3/h7-10,12-15,18,29H,5-6,11,17,36H2,1-4H3. The van der Waals surface area contributed by atoms with Gasteiger partial charge in [-0.1, -0.05) is 62.5 Å². The number of unbranched alkanes of at least 4 members (excludes halogenated alkanes) is 1. The van der Waals surface area contributed by atoms with Crippen LogP contribution in [0.25, 0.3) is 0 Å². The van der Waals surface area contributed by atoms with Gasteiger partial charge in [0.25, 0.3) is 0 Å². The summed E-state index contributed by atoms with van der Waals surface area (Å²) in [5, 5.41) is 10.4. The summed E-state index contributed by atoms with van der Waals surface area (Å²) in [6.45, 7) is 7.15. The highest BCUT2D eigenvalue weighted by Gasteiger charge is 2.32. The largest absolute Gasteiger partial charge is 0.493 e. The van der Waals surface area contributed by atoms with Crippen molar-refractivity contribution in [2.45, 2.75) is 39.5 Å². The number of halogens is 2. The Morgan fingerprint density at radius 3 is 2.45 bits per heavy atom. The highest BCUT2D eigenvalue weighted by molar-refractivity contribution is 6.37. The van der Waals surface area contributed by atoms with Crippen molar-refractivity contribution in [3.63, 3.8) is 0 Å². The van der Waals surface area contributed by atoms with E-state index >= 15 is 0 Å². The molecule has 1 aliphatic rings. The third kappa shape index (κ3) is 6.87. The molecule has 42 heavy (non-hydrogen) atoms. The summed E-state index contributed by atoms with van der Waals surface area (Å²) in [5.74, 6) is 1.07. The molecule has 10 heteroatoms. The number of benzene rings is 3. The Balaban J connectivity index is 1.61. The smallest absolute Gasteiger partial charge is 0.343 e. The van der Waals surface area contributed by atoms with Crippen LogP contribution >= 0.6 is 23.2 Å². The molecule has 3 aromatic rings. The van der Waals surface area contributed by atoms with Crippen LogP contribution in [0.1, 0.15) is 61.0 Å². The number of fused-ring (bicyclic) bond motifs is 1. The Bertz CT molecular complexity index is 1520. The third-order valence-electron chi connectivity index (χ3n) is 6.47. The van der Waals surface area contributed by atoms with Crippen LogP contribution in [0.3, 0.4) is 0 Å². The number of hydrogen-bond donors (Lipinski definition) is 1. The number of nitrogens with two attached hydrogens (primary N) is 1. The van der Waals surface area contributed by atoms with E-state index in [-0.39, 0.29) is 32.8 Å². The monoisotopic (exact) mass is 610 g/mol. The lowest BCUT2D eigenvalue weighted by atomic mass is 9.83. The highest BCUT2D eigenvalue weighted by atomic mass is 35.5. The second kappa shape index (κ2) is 13.7. The van der Waals surface area contributed by atoms with Crippen LogP contribution in [0.5, 0.6) is 28.7 Å². The van der Waals surface area contributed by atoms with Gasteiger partial charge in [-0.3, -0.25) is 0 Å². The van der Waals surface area contributed by atoms with Crippen molar-refractivity contribution in [3.05, 3.63) is 86.7 Å². The lowest BCUT2D eigenvalue weighted by Crippen LogP contribution is -2.21. The number of hydrogen-bond acceptors (Lipinski definition) is 8. The molecule has 0 spiro atoms. The van der Waals surface area contributed by atoms with Crippen LogP contribution in [0.15, 0.2) is 60.0 Å². The van der Waals surface area contributed by atoms with Crippen molar-refractivity contribution in [1.29, 1.82) is 5.26 Å². The molecule has 1 heterocycles. The second-order valence-corrected chi connectivity index (χ2v) is 10.9. The molecule has 4 rings (SSSR count). The molecule has 0 saturated carbocycles. The fourth-order valence-corrected chi connectivity index (χ4v) is 4.98. The van der Waals surface area contributed by atoms with Gasteiger partial charge in [-0.05, 0) is 48.2 Å². The summed E-state index contributed by atoms with van der Waals surface area (Å²) in [5.41, 5.74) is 8.00. The van der Waals surface area contributed by atoms with E-state index in [0.717, 1.165) is 18.4 Å². The molecule has 8 nitrogen and oxygen atoms in total. The van der Waals surface area contributed by atoms with Crippen molar-refractivity contribution in [2.24, 2.45) is 11.7 Å². The van der Waals surface area contributed by atoms with Gasteiger partial charge < -0.3 is 29.4 Å². The molecule has 0 aromatic heterocycles. The third-order valence-corrected chi connectivity index (χ3v) is 7.03. The number of carbonyl (C=O) groups is 1. The Morgan fingerprint density at radius 2 is 1.81 bits per heavy atom. The Hall–Kier alpha value is -4.06. The summed E-state index contributed by atoms with van der Waals surface area (Å²) in [4.78, 5) is 13.0. The SMILES string of the molecule is CCCCOc1c(Cl)cc(C(=O)Oc2ccc3c(c2)OC(N)=C(C#N)C3c2ccc(OCC(C)C)c(OC)c2)cc1Cl. The summed E-state index contributed by atoms with van der Waals surface area (Å²) >= 11 is 12.7. The normalized spacial score (nSPS) is 14.1. The van der Waals surface area contributed by atoms with E-state index in [1.54, 1.807) is 25.3 Å². The molecule has 0 amide bonds. The molecule has 0 saturated heterocycles. The molecule has 2 N–H and O–H groups in total. The summed E-state index contributed by atoms with van der Waals surface area (Å²) in [6, 6.07) is 15.4. The molecule has 1 unspecified atom stereocenters. The zero-order valence-electron chi connectivity index (χ0n) is 23.8. The molecule has 0 aliphatic carbocycles. The van der Waals surface area contributed by atoms with E-state index in [9.17, 15) is 10.1 Å². The average Bonchev–Trinajstić information content (AvgIpc) is 2.96. The molecule has 3 aromatic carbocycles. The van der Waals surface area contributed by atoms with Gasteiger partial charge in [0, 0.05) is 11.6 Å². The zero-order valence-corrected chi connectivity index (χ0v) is 25.3. The van der Waals surface area contributed by atoms with Gasteiger partial charge >= 0.3 is 5.97 Å². The Morgan fingerprint density at radius 1 is 1.07 bits per heavy atom. The van der Waals surface area contributed by atoms with Crippen LogP contribution < -0.4 is 29.4 Å². The number of allylic oxidation sites excluding steroid dienone is 1. The Kier molecular flexibility index (Phi) is 10.1. The van der Waals surface area contributed by atoms with Gasteiger partial charge in [0.15, 0.2) is 17.2 Å². The number of rotatable bonds is 11. The van der Waals surface area contributed by atoms with Gasteiger partial charge in [-0.25, -0.2) is 4.79 Å². The highest BCUT2D eigenvalue weighted by Crippen LogP contribution is 2.45. The van der Waals surface area contributed by atoms with Crippen LogP contribution in [0, 0.1) is 17.2 Å². The maximum Gasteiger partial charge on any atom is 0.343 e. The van der Waals surface area contributed by atoms with Crippen molar-refractivity contribution < 1.29 is 28.5 Å². The molecule has 1 aliphatic heterocycles. The fraction of sp³-hybridized carbons (Fsp3) is 0.312. The fourth-order valence-electron chi connectivity index (χ4n) is 4.38. The Labute approximate surface area is 255 Å². The molecule has 1 atom stereocenters. The van der Waals surface area contributed by atoms with E-state index in [1.807, 2.05) is 25.1 Å². The van der Waals surface area contributed by atoms with E-state index in [1.165, 1.54) is 12.1 Å². The van der Waals surface area contributed by atoms with Crippen molar-refractivity contribution in [1.82, 2.24) is 0 Å². The van der Waals surface area contributed by atoms with Gasteiger partial charge in [0.1, 0.15) is 23.1 Å². The minimum atomic E-state index is -0.672. The van der Waals surface area contributed by atoms with Crippen LogP contribution in [-0.2, 0) is 0 Å². The molecule has 0 fully saturated rings. The molecule has 0 bridgehead atoms. The number of ether oxygens (including phenoxy) is 5. The van der Waals surface area contributed by atoms with Crippen molar-refractivity contribution >= 4 is 29.2 Å². The minimum Gasteiger partial charge on any atom is -0.493 e. The van der Waals surface area contributed by atoms with Crippen molar-refractivity contribution in [3.8, 4) is 34.8 Å². The number of methoxy groups -OCH3 is 1. The predicted octanol–water partition coefficient (Wildman–Crippen LogP) is 7.65. The number of esters is 1. The van der Waals surface area contributed by atoms with Gasteiger partial charge in [0.05, 0.1) is 41.9 Å². The lowest BCUT2D eigenvalue weighted by molar-refractivity contribution is 0.0734. The van der Waals surface area contributed by atoms with E-state index in [0.29, 0.717) is 47.7 Å². The number of nitriles is 1. The lowest BCUT2D eigenvalue weighted by Gasteiger charge is -2.27. The molecule has 0 radical (unpaired) electrons. The minimum absolute atomic E-state index is 0.0465. The van der Waals surface area contributed by atoms with Gasteiger partial charge in [-0.15, -0.1) is 0 Å². The second-order valence-electron chi connectivity index (χ2n) is 10.1. The summed E-state index contributed by atoms with van der Waals surface area (Å²) < 4.78 is 28.5. The zero-order chi connectivity index (χ0) is 30.4. The first-order valence-electron chi connectivity index (χ1n) is 13.5. The van der Waals surface area contributed by atoms with Crippen LogP contribution in [-0.4, -0.2) is 26.3 Å². The molecular formula is C32H32Cl2N2O6. The molecule has 220 valence electrons. The van der Waals surface area contributed by atoms with E-state index < -0.39 is 11.9 Å². The summed E-state index contributed by atoms with van der Waals surface area (Å²) in [6.07, 6.45) is 1.80. The summed E-state index contributed by atoms with van der Waals surface area (Å²) in [7, 11) is 1.56. The topological polar surface area (TPSA) is 113 Å². The van der Waals surface area contributed by atoms with Crippen molar-refractivity contribution in [2.75, 3.05) is 20.3 Å². The average molecular weight is 612 g/mol. The number of carbonyl (C=O) groups excluding carboxylic acids is 1. The first-order valence-corrected chi connectivity index (χ1v) is 14.3. The van der Waals surface area contributed by atoms with E-state index in [2.05, 4.69) is 19.9 Å². The van der Waals surface area contributed by atoms with E-state index in [4.69, 9.17) is 52.6 Å². The van der Waals surface area contributed by atoms with Crippen LogP contribution in [0.2, 0.25) is 10.0 Å². The first kappa shape index (κ1) is 30.9. The van der Waals surface area contributed by atoms with Gasteiger partial charge in [-0.2, -0.15) is 5.26 Å². The molecular weight excluding hydrogens is 579 g/mol. The maximum absolute atomic E-state index is 13.0.